The third-order valence-electron chi connectivity index (χ3n) is 4.39. The normalized spacial score (nSPS) is 17.4. The maximum absolute atomic E-state index is 12.9. The minimum Gasteiger partial charge on any atom is -0.337 e. The Balaban J connectivity index is 1.72. The molecule has 2 aromatic rings. The van der Waals surface area contributed by atoms with Crippen LogP contribution in [0, 0.1) is 5.92 Å². The molecule has 1 aliphatic heterocycles. The van der Waals surface area contributed by atoms with E-state index in [1.54, 1.807) is 22.9 Å². The molecule has 0 aliphatic carbocycles. The van der Waals surface area contributed by atoms with Gasteiger partial charge in [0, 0.05) is 24.6 Å². The summed E-state index contributed by atoms with van der Waals surface area (Å²) in [7, 11) is 1.73. The number of thiophene rings is 1. The van der Waals surface area contributed by atoms with E-state index in [9.17, 15) is 9.59 Å². The van der Waals surface area contributed by atoms with Crippen molar-refractivity contribution in [3.8, 4) is 0 Å². The van der Waals surface area contributed by atoms with Gasteiger partial charge < -0.3 is 9.80 Å². The van der Waals surface area contributed by atoms with Crippen LogP contribution in [0.15, 0.2) is 40.2 Å². The fourth-order valence-electron chi connectivity index (χ4n) is 3.07. The summed E-state index contributed by atoms with van der Waals surface area (Å²) < 4.78 is 0.868. The minimum absolute atomic E-state index is 0.00657. The summed E-state index contributed by atoms with van der Waals surface area (Å²) in [6.45, 7) is 1.15. The second-order valence-electron chi connectivity index (χ2n) is 6.06. The highest BCUT2D eigenvalue weighted by Gasteiger charge is 2.31. The van der Waals surface area contributed by atoms with Gasteiger partial charge in [-0.05, 0) is 42.5 Å². The van der Waals surface area contributed by atoms with Crippen LogP contribution < -0.4 is 4.90 Å². The van der Waals surface area contributed by atoms with Gasteiger partial charge in [-0.2, -0.15) is 0 Å². The number of likely N-dealkylation sites (tertiary alicyclic amines) is 1. The molecule has 0 radical (unpaired) electrons. The smallest absolute Gasteiger partial charge is 0.263 e. The van der Waals surface area contributed by atoms with Crippen molar-refractivity contribution in [3.05, 3.63) is 50.1 Å². The molecule has 0 bridgehead atoms. The van der Waals surface area contributed by atoms with Crippen LogP contribution in [0.25, 0.3) is 0 Å². The lowest BCUT2D eigenvalue weighted by Gasteiger charge is -2.34. The van der Waals surface area contributed by atoms with E-state index in [1.165, 1.54) is 11.3 Å². The van der Waals surface area contributed by atoms with E-state index in [0.717, 1.165) is 22.2 Å². The molecule has 1 unspecified atom stereocenters. The number of anilines is 1. The second kappa shape index (κ2) is 7.89. The number of halogens is 2. The highest BCUT2D eigenvalue weighted by atomic mass is 79.9. The third-order valence-corrected chi connectivity index (χ3v) is 6.05. The molecule has 1 saturated heterocycles. The van der Waals surface area contributed by atoms with Crippen molar-refractivity contribution in [2.24, 2.45) is 5.92 Å². The van der Waals surface area contributed by atoms with E-state index in [1.807, 2.05) is 29.6 Å². The summed E-state index contributed by atoms with van der Waals surface area (Å²) in [6, 6.07) is 9.15. The molecular formula is C18H18BrClN2O2S. The van der Waals surface area contributed by atoms with E-state index in [4.69, 9.17) is 11.6 Å². The molecule has 2 heterocycles. The average Bonchev–Trinajstić information content (AvgIpc) is 3.14. The molecule has 7 heteroatoms. The van der Waals surface area contributed by atoms with Crippen molar-refractivity contribution in [1.82, 2.24) is 4.90 Å². The van der Waals surface area contributed by atoms with Crippen LogP contribution in [0.4, 0.5) is 5.69 Å². The summed E-state index contributed by atoms with van der Waals surface area (Å²) in [5.74, 6) is -0.202. The first kappa shape index (κ1) is 18.4. The average molecular weight is 442 g/mol. The van der Waals surface area contributed by atoms with Gasteiger partial charge in [-0.25, -0.2) is 0 Å². The standard InChI is InChI=1S/C18H18BrClN2O2S/c1-21(15-7-6-13(19)10-14(15)20)17(23)12-4-2-8-22(11-12)18(24)16-5-3-9-25-16/h3,5-7,9-10,12H,2,4,8,11H2,1H3. The van der Waals surface area contributed by atoms with Gasteiger partial charge in [0.05, 0.1) is 21.5 Å². The molecule has 25 heavy (non-hydrogen) atoms. The maximum atomic E-state index is 12.9. The number of amides is 2. The molecule has 4 nitrogen and oxygen atoms in total. The molecule has 1 aliphatic rings. The lowest BCUT2D eigenvalue weighted by Crippen LogP contribution is -2.45. The summed E-state index contributed by atoms with van der Waals surface area (Å²) in [4.78, 5) is 29.6. The topological polar surface area (TPSA) is 40.6 Å². The highest BCUT2D eigenvalue weighted by Crippen LogP contribution is 2.30. The first-order valence-corrected chi connectivity index (χ1v) is 10.1. The third kappa shape index (κ3) is 4.07. The highest BCUT2D eigenvalue weighted by molar-refractivity contribution is 9.10. The summed E-state index contributed by atoms with van der Waals surface area (Å²) in [5, 5.41) is 2.41. The number of piperidine rings is 1. The fourth-order valence-corrected chi connectivity index (χ4v) is 4.56. The number of hydrogen-bond acceptors (Lipinski definition) is 3. The number of rotatable bonds is 3. The quantitative estimate of drug-likeness (QED) is 0.694. The predicted molar refractivity (Wildman–Crippen MR) is 106 cm³/mol. The lowest BCUT2D eigenvalue weighted by molar-refractivity contribution is -0.123. The first-order valence-electron chi connectivity index (χ1n) is 8.03. The molecule has 0 saturated carbocycles. The molecule has 1 atom stereocenters. The number of nitrogens with zero attached hydrogens (tertiary/aromatic N) is 2. The van der Waals surface area contributed by atoms with E-state index in [0.29, 0.717) is 23.8 Å². The Morgan fingerprint density at radius 1 is 1.36 bits per heavy atom. The van der Waals surface area contributed by atoms with Gasteiger partial charge in [-0.1, -0.05) is 33.6 Å². The molecule has 132 valence electrons. The molecule has 3 rings (SSSR count). The molecule has 0 N–H and O–H groups in total. The van der Waals surface area contributed by atoms with E-state index in [-0.39, 0.29) is 17.7 Å². The van der Waals surface area contributed by atoms with Crippen LogP contribution in [0.3, 0.4) is 0 Å². The Hall–Kier alpha value is -1.37. The van der Waals surface area contributed by atoms with Crippen molar-refractivity contribution >= 4 is 56.4 Å². The molecule has 1 aromatic carbocycles. The molecule has 0 spiro atoms. The Morgan fingerprint density at radius 3 is 2.84 bits per heavy atom. The minimum atomic E-state index is -0.206. The zero-order valence-corrected chi connectivity index (χ0v) is 16.9. The Labute approximate surface area is 164 Å². The zero-order chi connectivity index (χ0) is 18.0. The Kier molecular flexibility index (Phi) is 5.81. The Morgan fingerprint density at radius 2 is 2.16 bits per heavy atom. The number of carbonyl (C=O) groups excluding carboxylic acids is 2. The van der Waals surface area contributed by atoms with Gasteiger partial charge >= 0.3 is 0 Å². The summed E-state index contributed by atoms with van der Waals surface area (Å²) >= 11 is 11.1. The van der Waals surface area contributed by atoms with Crippen LogP contribution in [-0.2, 0) is 4.79 Å². The van der Waals surface area contributed by atoms with Gasteiger partial charge in [0.15, 0.2) is 0 Å². The lowest BCUT2D eigenvalue weighted by atomic mass is 9.96. The first-order chi connectivity index (χ1) is 12.0. The van der Waals surface area contributed by atoms with Crippen LogP contribution in [0.5, 0.6) is 0 Å². The van der Waals surface area contributed by atoms with Crippen LogP contribution >= 0.6 is 38.9 Å². The second-order valence-corrected chi connectivity index (χ2v) is 8.33. The monoisotopic (exact) mass is 440 g/mol. The molecular weight excluding hydrogens is 424 g/mol. The molecule has 2 amide bonds. The van der Waals surface area contributed by atoms with Crippen molar-refractivity contribution in [2.45, 2.75) is 12.8 Å². The maximum Gasteiger partial charge on any atom is 0.263 e. The SMILES string of the molecule is CN(C(=O)C1CCCN(C(=O)c2cccs2)C1)c1ccc(Br)cc1Cl. The largest absolute Gasteiger partial charge is 0.337 e. The van der Waals surface area contributed by atoms with Crippen LogP contribution in [0.2, 0.25) is 5.02 Å². The number of carbonyl (C=O) groups is 2. The predicted octanol–water partition coefficient (Wildman–Crippen LogP) is 4.68. The van der Waals surface area contributed by atoms with Crippen molar-refractivity contribution < 1.29 is 9.59 Å². The summed E-state index contributed by atoms with van der Waals surface area (Å²) in [5.41, 5.74) is 0.677. The van der Waals surface area contributed by atoms with E-state index >= 15 is 0 Å². The van der Waals surface area contributed by atoms with Gasteiger partial charge in [0.1, 0.15) is 0 Å². The molecule has 1 fully saturated rings. The van der Waals surface area contributed by atoms with Gasteiger partial charge in [-0.15, -0.1) is 11.3 Å². The van der Waals surface area contributed by atoms with Gasteiger partial charge in [0.2, 0.25) is 5.91 Å². The van der Waals surface area contributed by atoms with E-state index < -0.39 is 0 Å². The number of benzene rings is 1. The van der Waals surface area contributed by atoms with E-state index in [2.05, 4.69) is 15.9 Å². The van der Waals surface area contributed by atoms with Crippen LogP contribution in [-0.4, -0.2) is 36.9 Å². The van der Waals surface area contributed by atoms with Gasteiger partial charge in [0.25, 0.3) is 5.91 Å². The fraction of sp³-hybridized carbons (Fsp3) is 0.333. The van der Waals surface area contributed by atoms with Crippen molar-refractivity contribution in [3.63, 3.8) is 0 Å². The van der Waals surface area contributed by atoms with Crippen molar-refractivity contribution in [1.29, 1.82) is 0 Å². The molecule has 1 aromatic heterocycles. The number of hydrogen-bond donors (Lipinski definition) is 0. The van der Waals surface area contributed by atoms with Gasteiger partial charge in [-0.3, -0.25) is 9.59 Å². The Bertz CT molecular complexity index is 781. The van der Waals surface area contributed by atoms with Crippen LogP contribution in [0.1, 0.15) is 22.5 Å². The van der Waals surface area contributed by atoms with Crippen molar-refractivity contribution in [2.75, 3.05) is 25.0 Å². The zero-order valence-electron chi connectivity index (χ0n) is 13.7. The summed E-state index contributed by atoms with van der Waals surface area (Å²) in [6.07, 6.45) is 1.61.